The molecule has 1 N–H and O–H groups in total. The highest BCUT2D eigenvalue weighted by Crippen LogP contribution is 2.57. The molecule has 6 rings (SSSR count). The summed E-state index contributed by atoms with van der Waals surface area (Å²) in [7, 11) is 0. The quantitative estimate of drug-likeness (QED) is 0.663. The van der Waals surface area contributed by atoms with Gasteiger partial charge in [0.2, 0.25) is 17.7 Å². The van der Waals surface area contributed by atoms with Crippen molar-refractivity contribution in [1.82, 2.24) is 0 Å². The van der Waals surface area contributed by atoms with Crippen LogP contribution in [0.25, 0.3) is 0 Å². The van der Waals surface area contributed by atoms with Crippen LogP contribution in [0.5, 0.6) is 0 Å². The first-order valence-electron chi connectivity index (χ1n) is 9.60. The van der Waals surface area contributed by atoms with E-state index in [0.717, 1.165) is 6.42 Å². The lowest BCUT2D eigenvalue weighted by molar-refractivity contribution is -0.140. The fourth-order valence-corrected chi connectivity index (χ4v) is 5.03. The van der Waals surface area contributed by atoms with Crippen molar-refractivity contribution in [2.24, 2.45) is 23.2 Å². The first-order valence-corrected chi connectivity index (χ1v) is 9.60. The largest absolute Gasteiger partial charge is 0.325 e. The highest BCUT2D eigenvalue weighted by Gasteiger charge is 2.65. The van der Waals surface area contributed by atoms with Crippen LogP contribution in [0.4, 0.5) is 11.4 Å². The van der Waals surface area contributed by atoms with E-state index in [2.05, 4.69) is 5.32 Å². The van der Waals surface area contributed by atoms with E-state index in [1.54, 1.807) is 12.1 Å². The van der Waals surface area contributed by atoms with Crippen molar-refractivity contribution >= 4 is 29.1 Å². The number of rotatable bonds is 3. The number of amides is 3. The van der Waals surface area contributed by atoms with E-state index in [4.69, 9.17) is 0 Å². The summed E-state index contributed by atoms with van der Waals surface area (Å²) in [5.74, 6) is -1.76. The van der Waals surface area contributed by atoms with Crippen LogP contribution in [0.1, 0.15) is 12.8 Å². The lowest BCUT2D eigenvalue weighted by atomic mass is 9.54. The number of allylic oxidation sites excluding steroid dienone is 1. The second-order valence-electron chi connectivity index (χ2n) is 7.77. The Balaban J connectivity index is 1.54. The van der Waals surface area contributed by atoms with Gasteiger partial charge in [0.25, 0.3) is 0 Å². The van der Waals surface area contributed by atoms with Gasteiger partial charge in [0, 0.05) is 5.69 Å². The van der Waals surface area contributed by atoms with Crippen LogP contribution < -0.4 is 10.2 Å². The summed E-state index contributed by atoms with van der Waals surface area (Å²) in [6.45, 7) is 0. The molecule has 0 aromatic heterocycles. The summed E-state index contributed by atoms with van der Waals surface area (Å²) in [5.41, 5.74) is 0.284. The van der Waals surface area contributed by atoms with Gasteiger partial charge in [-0.2, -0.15) is 0 Å². The fraction of sp³-hybridized carbons (Fsp3) is 0.261. The van der Waals surface area contributed by atoms with Crippen molar-refractivity contribution < 1.29 is 14.4 Å². The minimum atomic E-state index is -0.981. The second-order valence-corrected chi connectivity index (χ2v) is 7.77. The topological polar surface area (TPSA) is 66.5 Å². The third-order valence-corrected chi connectivity index (χ3v) is 6.37. The Bertz CT molecular complexity index is 985. The van der Waals surface area contributed by atoms with Gasteiger partial charge < -0.3 is 5.32 Å². The van der Waals surface area contributed by atoms with Gasteiger partial charge >= 0.3 is 0 Å². The molecule has 0 radical (unpaired) electrons. The molecule has 2 aromatic rings. The highest BCUT2D eigenvalue weighted by atomic mass is 16.2. The van der Waals surface area contributed by atoms with Crippen LogP contribution in [0, 0.1) is 23.2 Å². The minimum absolute atomic E-state index is 0.0153. The van der Waals surface area contributed by atoms with Gasteiger partial charge in [0.05, 0.1) is 22.9 Å². The lowest BCUT2D eigenvalue weighted by Crippen LogP contribution is -2.53. The van der Waals surface area contributed by atoms with Gasteiger partial charge in [-0.15, -0.1) is 0 Å². The first kappa shape index (κ1) is 16.9. The summed E-state index contributed by atoms with van der Waals surface area (Å²) in [6.07, 6.45) is 5.16. The number of imide groups is 1. The predicted molar refractivity (Wildman–Crippen MR) is 105 cm³/mol. The third-order valence-electron chi connectivity index (χ3n) is 6.37. The molecule has 2 bridgehead atoms. The monoisotopic (exact) mass is 372 g/mol. The Kier molecular flexibility index (Phi) is 3.72. The van der Waals surface area contributed by atoms with Gasteiger partial charge in [0.1, 0.15) is 0 Å². The number of nitrogens with one attached hydrogen (secondary N) is 1. The molecule has 0 spiro atoms. The number of anilines is 2. The summed E-state index contributed by atoms with van der Waals surface area (Å²) in [4.78, 5) is 41.2. The van der Waals surface area contributed by atoms with Crippen molar-refractivity contribution in [2.45, 2.75) is 12.8 Å². The van der Waals surface area contributed by atoms with Crippen molar-refractivity contribution in [3.05, 3.63) is 72.8 Å². The van der Waals surface area contributed by atoms with Gasteiger partial charge in [0.15, 0.2) is 0 Å². The molecule has 1 saturated heterocycles. The predicted octanol–water partition coefficient (Wildman–Crippen LogP) is 3.40. The summed E-state index contributed by atoms with van der Waals surface area (Å²) in [5, 5.41) is 2.96. The zero-order valence-electron chi connectivity index (χ0n) is 15.2. The number of carbonyl (C=O) groups excluding carboxylic acids is 3. The molecule has 4 aliphatic rings. The van der Waals surface area contributed by atoms with Crippen molar-refractivity contribution in [3.63, 3.8) is 0 Å². The van der Waals surface area contributed by atoms with Gasteiger partial charge in [-0.05, 0) is 43.0 Å². The number of hydrogen-bond acceptors (Lipinski definition) is 3. The summed E-state index contributed by atoms with van der Waals surface area (Å²) < 4.78 is 0. The molecular weight excluding hydrogens is 352 g/mol. The molecule has 2 aromatic carbocycles. The van der Waals surface area contributed by atoms with Crippen LogP contribution in [0.15, 0.2) is 72.8 Å². The molecule has 28 heavy (non-hydrogen) atoms. The molecule has 5 heteroatoms. The lowest BCUT2D eigenvalue weighted by Gasteiger charge is -2.46. The molecule has 140 valence electrons. The van der Waals surface area contributed by atoms with E-state index in [1.807, 2.05) is 60.7 Å². The zero-order chi connectivity index (χ0) is 19.3. The van der Waals surface area contributed by atoms with Crippen molar-refractivity contribution in [1.29, 1.82) is 0 Å². The maximum Gasteiger partial charge on any atom is 0.239 e. The van der Waals surface area contributed by atoms with E-state index in [1.165, 1.54) is 4.90 Å². The normalized spacial score (nSPS) is 30.4. The molecule has 5 nitrogen and oxygen atoms in total. The molecular formula is C23H20N2O3. The van der Waals surface area contributed by atoms with Crippen molar-refractivity contribution in [2.75, 3.05) is 10.2 Å². The molecule has 4 atom stereocenters. The molecule has 1 aliphatic heterocycles. The average Bonchev–Trinajstić information content (AvgIpc) is 3.03. The maximum atomic E-state index is 13.4. The molecule has 1 heterocycles. The number of para-hydroxylation sites is 2. The number of carbonyl (C=O) groups is 3. The molecule has 0 unspecified atom stereocenters. The van der Waals surface area contributed by atoms with E-state index in [9.17, 15) is 14.4 Å². The number of fused-ring (bicyclic) bond motifs is 1. The molecule has 3 amide bonds. The van der Waals surface area contributed by atoms with Crippen LogP contribution in [0.2, 0.25) is 0 Å². The molecule has 1 saturated carbocycles. The smallest absolute Gasteiger partial charge is 0.239 e. The highest BCUT2D eigenvalue weighted by molar-refractivity contribution is 6.24. The first-order chi connectivity index (χ1) is 13.6. The maximum absolute atomic E-state index is 13.4. The van der Waals surface area contributed by atoms with Gasteiger partial charge in [-0.25, -0.2) is 4.90 Å². The Morgan fingerprint density at radius 2 is 1.64 bits per heavy atom. The van der Waals surface area contributed by atoms with Gasteiger partial charge in [-0.3, -0.25) is 14.4 Å². The standard InChI is InChI=1S/C23H20N2O3/c26-20-18-15-11-13-23(14-12-15,22(28)24-16-7-3-1-4-8-16)19(18)21(27)25(20)17-9-5-2-6-10-17/h1-11,13,15,18-19H,12,14H2,(H,24,28)/t15-,18+,19-,23-/m1/s1. The second kappa shape index (κ2) is 6.16. The summed E-state index contributed by atoms with van der Waals surface area (Å²) >= 11 is 0. The van der Waals surface area contributed by atoms with Crippen LogP contribution in [-0.2, 0) is 14.4 Å². The van der Waals surface area contributed by atoms with Crippen molar-refractivity contribution in [3.8, 4) is 0 Å². The van der Waals surface area contributed by atoms with Crippen LogP contribution >= 0.6 is 0 Å². The molecule has 2 fully saturated rings. The van der Waals surface area contributed by atoms with E-state index < -0.39 is 17.3 Å². The Labute approximate surface area is 163 Å². The third kappa shape index (κ3) is 2.29. The zero-order valence-corrected chi connectivity index (χ0v) is 15.2. The van der Waals surface area contributed by atoms with Crippen LogP contribution in [0.3, 0.4) is 0 Å². The number of nitrogens with zero attached hydrogens (tertiary/aromatic N) is 1. The van der Waals surface area contributed by atoms with Crippen LogP contribution in [-0.4, -0.2) is 17.7 Å². The Morgan fingerprint density at radius 3 is 2.29 bits per heavy atom. The molecule has 3 aliphatic carbocycles. The minimum Gasteiger partial charge on any atom is -0.325 e. The average molecular weight is 372 g/mol. The Hall–Kier alpha value is -3.21. The number of hydrogen-bond donors (Lipinski definition) is 1. The van der Waals surface area contributed by atoms with E-state index in [-0.39, 0.29) is 23.6 Å². The Morgan fingerprint density at radius 1 is 0.964 bits per heavy atom. The van der Waals surface area contributed by atoms with Gasteiger partial charge in [-0.1, -0.05) is 48.6 Å². The van der Waals surface area contributed by atoms with E-state index >= 15 is 0 Å². The summed E-state index contributed by atoms with van der Waals surface area (Å²) in [6, 6.07) is 18.2. The fourth-order valence-electron chi connectivity index (χ4n) is 5.03. The number of benzene rings is 2. The van der Waals surface area contributed by atoms with E-state index in [0.29, 0.717) is 17.8 Å². The SMILES string of the molecule is O=C1[C@H]2[C@@H]3C=C[C@@](C(=O)Nc4ccccc4)(CC3)[C@H]2C(=O)N1c1ccccc1.